The Hall–Kier alpha value is -3.03. The molecule has 0 saturated carbocycles. The summed E-state index contributed by atoms with van der Waals surface area (Å²) in [6.07, 6.45) is 6.51. The van der Waals surface area contributed by atoms with Gasteiger partial charge in [0.2, 0.25) is 11.9 Å². The van der Waals surface area contributed by atoms with Gasteiger partial charge in [-0.1, -0.05) is 20.8 Å². The van der Waals surface area contributed by atoms with Crippen molar-refractivity contribution >= 4 is 23.5 Å². The van der Waals surface area contributed by atoms with E-state index in [1.165, 1.54) is 6.20 Å². The summed E-state index contributed by atoms with van der Waals surface area (Å²) in [6.45, 7) is 6.67. The normalized spacial score (nSPS) is 17.2. The molecule has 1 fully saturated rings. The number of nitrogen functional groups attached to an aromatic ring is 1. The Morgan fingerprint density at radius 3 is 2.75 bits per heavy atom. The van der Waals surface area contributed by atoms with Gasteiger partial charge in [-0.15, -0.1) is 0 Å². The summed E-state index contributed by atoms with van der Waals surface area (Å²) in [5.74, 6) is 0.0393. The number of carbonyl (C=O) groups is 2. The van der Waals surface area contributed by atoms with Crippen LogP contribution in [0.25, 0.3) is 0 Å². The summed E-state index contributed by atoms with van der Waals surface area (Å²) in [5, 5.41) is 2.86. The zero-order valence-corrected chi connectivity index (χ0v) is 16.5. The third kappa shape index (κ3) is 4.44. The number of anilines is 2. The number of piperidine rings is 1. The van der Waals surface area contributed by atoms with Crippen LogP contribution in [0, 0.1) is 5.41 Å². The van der Waals surface area contributed by atoms with Gasteiger partial charge in [-0.25, -0.2) is 9.97 Å². The van der Waals surface area contributed by atoms with Gasteiger partial charge in [0.25, 0.3) is 5.91 Å². The largest absolute Gasteiger partial charge is 0.368 e. The molecule has 0 radical (unpaired) electrons. The third-order valence-corrected chi connectivity index (χ3v) is 4.80. The van der Waals surface area contributed by atoms with Gasteiger partial charge < -0.3 is 16.0 Å². The minimum Gasteiger partial charge on any atom is -0.368 e. The van der Waals surface area contributed by atoms with Crippen LogP contribution in [0.2, 0.25) is 0 Å². The molecule has 3 heterocycles. The maximum atomic E-state index is 13.2. The van der Waals surface area contributed by atoms with Crippen molar-refractivity contribution in [2.75, 3.05) is 24.1 Å². The average molecular weight is 382 g/mol. The summed E-state index contributed by atoms with van der Waals surface area (Å²) in [5.41, 5.74) is 6.85. The fourth-order valence-corrected chi connectivity index (χ4v) is 3.17. The van der Waals surface area contributed by atoms with E-state index in [0.29, 0.717) is 24.3 Å². The highest BCUT2D eigenvalue weighted by molar-refractivity contribution is 6.04. The topological polar surface area (TPSA) is 114 Å². The molecule has 3 rings (SSSR count). The van der Waals surface area contributed by atoms with Gasteiger partial charge in [0, 0.05) is 43.0 Å². The van der Waals surface area contributed by atoms with E-state index in [1.54, 1.807) is 23.4 Å². The van der Waals surface area contributed by atoms with Crippen LogP contribution in [0.3, 0.4) is 0 Å². The van der Waals surface area contributed by atoms with E-state index in [4.69, 9.17) is 5.73 Å². The number of nitrogens with one attached hydrogen (secondary N) is 1. The molecule has 28 heavy (non-hydrogen) atoms. The molecule has 2 amide bonds. The fourth-order valence-electron chi connectivity index (χ4n) is 3.17. The van der Waals surface area contributed by atoms with E-state index >= 15 is 0 Å². The van der Waals surface area contributed by atoms with Crippen molar-refractivity contribution in [1.29, 1.82) is 0 Å². The third-order valence-electron chi connectivity index (χ3n) is 4.80. The van der Waals surface area contributed by atoms with Crippen molar-refractivity contribution in [2.45, 2.75) is 39.5 Å². The Kier molecular flexibility index (Phi) is 5.58. The van der Waals surface area contributed by atoms with Crippen LogP contribution < -0.4 is 11.1 Å². The zero-order valence-electron chi connectivity index (χ0n) is 16.5. The van der Waals surface area contributed by atoms with Crippen molar-refractivity contribution in [3.8, 4) is 0 Å². The maximum Gasteiger partial charge on any atom is 0.257 e. The SMILES string of the molecule is CC(C)(C)C(=O)Nc1ccncc1C(=O)N1CCCC(c2ccnc(N)n2)C1. The summed E-state index contributed by atoms with van der Waals surface area (Å²) in [6, 6.07) is 3.50. The molecule has 1 saturated heterocycles. The summed E-state index contributed by atoms with van der Waals surface area (Å²) in [4.78, 5) is 39.7. The first-order valence-corrected chi connectivity index (χ1v) is 9.39. The standard InChI is InChI=1S/C20H26N6O2/c1-20(2,3)18(28)24-16-6-8-22-11-14(16)17(27)26-10-4-5-13(12-26)15-7-9-23-19(21)25-15/h6-9,11,13H,4-5,10,12H2,1-3H3,(H2,21,23,25)(H,22,24,28). The molecule has 8 heteroatoms. The number of rotatable bonds is 3. The molecule has 8 nitrogen and oxygen atoms in total. The van der Waals surface area contributed by atoms with E-state index in [9.17, 15) is 9.59 Å². The molecule has 0 aromatic carbocycles. The second-order valence-corrected chi connectivity index (χ2v) is 8.06. The first kappa shape index (κ1) is 19.7. The van der Waals surface area contributed by atoms with Gasteiger partial charge >= 0.3 is 0 Å². The van der Waals surface area contributed by atoms with Crippen LogP contribution in [0.15, 0.2) is 30.7 Å². The molecule has 0 aliphatic carbocycles. The molecule has 148 valence electrons. The Labute approximate surface area is 164 Å². The lowest BCUT2D eigenvalue weighted by Gasteiger charge is -2.33. The molecular formula is C20H26N6O2. The maximum absolute atomic E-state index is 13.2. The molecule has 2 aromatic rings. The van der Waals surface area contributed by atoms with Crippen molar-refractivity contribution in [2.24, 2.45) is 5.41 Å². The highest BCUT2D eigenvalue weighted by Crippen LogP contribution is 2.28. The van der Waals surface area contributed by atoms with E-state index in [0.717, 1.165) is 18.5 Å². The smallest absolute Gasteiger partial charge is 0.257 e. The molecule has 1 aliphatic rings. The van der Waals surface area contributed by atoms with Gasteiger partial charge in [-0.3, -0.25) is 14.6 Å². The van der Waals surface area contributed by atoms with Gasteiger partial charge in [0.05, 0.1) is 16.9 Å². The number of hydrogen-bond acceptors (Lipinski definition) is 6. The fraction of sp³-hybridized carbons (Fsp3) is 0.450. The van der Waals surface area contributed by atoms with Gasteiger partial charge in [-0.05, 0) is 25.0 Å². The molecule has 0 bridgehead atoms. The van der Waals surface area contributed by atoms with Crippen LogP contribution in [0.1, 0.15) is 55.6 Å². The quantitative estimate of drug-likeness (QED) is 0.843. The van der Waals surface area contributed by atoms with Crippen LogP contribution in [0.5, 0.6) is 0 Å². The number of likely N-dealkylation sites (tertiary alicyclic amines) is 1. The number of aromatic nitrogens is 3. The van der Waals surface area contributed by atoms with Crippen molar-refractivity contribution < 1.29 is 9.59 Å². The van der Waals surface area contributed by atoms with E-state index in [2.05, 4.69) is 20.3 Å². The Morgan fingerprint density at radius 2 is 2.04 bits per heavy atom. The number of hydrogen-bond donors (Lipinski definition) is 2. The molecule has 3 N–H and O–H groups in total. The Morgan fingerprint density at radius 1 is 1.25 bits per heavy atom. The van der Waals surface area contributed by atoms with Crippen LogP contribution in [-0.4, -0.2) is 44.8 Å². The predicted molar refractivity (Wildman–Crippen MR) is 107 cm³/mol. The first-order valence-electron chi connectivity index (χ1n) is 9.39. The highest BCUT2D eigenvalue weighted by Gasteiger charge is 2.29. The Balaban J connectivity index is 1.79. The zero-order chi connectivity index (χ0) is 20.3. The summed E-state index contributed by atoms with van der Waals surface area (Å²) < 4.78 is 0. The predicted octanol–water partition coefficient (Wildman–Crippen LogP) is 2.46. The van der Waals surface area contributed by atoms with Crippen molar-refractivity contribution in [3.63, 3.8) is 0 Å². The molecule has 1 atom stereocenters. The second-order valence-electron chi connectivity index (χ2n) is 8.06. The number of carbonyl (C=O) groups excluding carboxylic acids is 2. The molecule has 1 aliphatic heterocycles. The number of pyridine rings is 1. The second kappa shape index (κ2) is 7.92. The highest BCUT2D eigenvalue weighted by atomic mass is 16.2. The van der Waals surface area contributed by atoms with Gasteiger partial charge in [0.15, 0.2) is 0 Å². The van der Waals surface area contributed by atoms with Crippen LogP contribution in [0.4, 0.5) is 11.6 Å². The van der Waals surface area contributed by atoms with E-state index in [-0.39, 0.29) is 23.7 Å². The lowest BCUT2D eigenvalue weighted by Crippen LogP contribution is -2.40. The average Bonchev–Trinajstić information content (AvgIpc) is 2.67. The Bertz CT molecular complexity index is 877. The van der Waals surface area contributed by atoms with E-state index < -0.39 is 5.41 Å². The summed E-state index contributed by atoms with van der Waals surface area (Å²) >= 11 is 0. The number of amides is 2. The van der Waals surface area contributed by atoms with Crippen LogP contribution in [-0.2, 0) is 4.79 Å². The monoisotopic (exact) mass is 382 g/mol. The lowest BCUT2D eigenvalue weighted by molar-refractivity contribution is -0.123. The first-order chi connectivity index (χ1) is 13.3. The van der Waals surface area contributed by atoms with E-state index in [1.807, 2.05) is 26.8 Å². The summed E-state index contributed by atoms with van der Waals surface area (Å²) in [7, 11) is 0. The number of nitrogens with two attached hydrogens (primary N) is 1. The minimum absolute atomic E-state index is 0.104. The lowest BCUT2D eigenvalue weighted by atomic mass is 9.94. The van der Waals surface area contributed by atoms with Crippen LogP contribution >= 0.6 is 0 Å². The van der Waals surface area contributed by atoms with Gasteiger partial charge in [-0.2, -0.15) is 0 Å². The molecule has 1 unspecified atom stereocenters. The van der Waals surface area contributed by atoms with Crippen molar-refractivity contribution in [1.82, 2.24) is 19.9 Å². The molecule has 2 aromatic heterocycles. The molecule has 0 spiro atoms. The number of nitrogens with zero attached hydrogens (tertiary/aromatic N) is 4. The van der Waals surface area contributed by atoms with Gasteiger partial charge in [0.1, 0.15) is 0 Å². The molecular weight excluding hydrogens is 356 g/mol. The minimum atomic E-state index is -0.563. The van der Waals surface area contributed by atoms with Crippen molar-refractivity contribution in [3.05, 3.63) is 42.0 Å².